The van der Waals surface area contributed by atoms with E-state index in [-0.39, 0.29) is 43.3 Å². The molecular formula is C6H18W. The molecule has 7 heavy (non-hydrogen) atoms. The second-order valence-electron chi connectivity index (χ2n) is 0.577. The molecule has 0 aromatic carbocycles. The minimum atomic E-state index is 0. The van der Waals surface area contributed by atoms with Gasteiger partial charge in [-0.25, -0.2) is 0 Å². The Morgan fingerprint density at radius 2 is 1.00 bits per heavy atom. The third-order valence-electron chi connectivity index (χ3n) is 0. The van der Waals surface area contributed by atoms with Crippen LogP contribution < -0.4 is 0 Å². The molecule has 0 N–H and O–H groups in total. The van der Waals surface area contributed by atoms with Crippen molar-refractivity contribution >= 4 is 0 Å². The van der Waals surface area contributed by atoms with Gasteiger partial charge in [-0.3, -0.25) is 0 Å². The molecule has 1 heteroatoms. The number of hydrogen-bond donors (Lipinski definition) is 0. The zero-order chi connectivity index (χ0) is 2.71. The van der Waals surface area contributed by atoms with Gasteiger partial charge in [0.05, 0.1) is 0 Å². The Kier molecular flexibility index (Phi) is 516. The molecule has 0 rings (SSSR count). The summed E-state index contributed by atoms with van der Waals surface area (Å²) in [6.45, 7) is 4.00. The molecule has 48 valence electrons. The SMILES string of the molecule is C.C.C[CH-]C.[CH3-].[W+2]. The van der Waals surface area contributed by atoms with E-state index in [2.05, 4.69) is 0 Å². The van der Waals surface area contributed by atoms with E-state index >= 15 is 0 Å². The van der Waals surface area contributed by atoms with Crippen LogP contribution in [0.15, 0.2) is 0 Å². The largest absolute Gasteiger partial charge is 2.00 e. The molecule has 0 aliphatic heterocycles. The van der Waals surface area contributed by atoms with E-state index in [9.17, 15) is 0 Å². The summed E-state index contributed by atoms with van der Waals surface area (Å²) in [7, 11) is 0. The van der Waals surface area contributed by atoms with Crippen molar-refractivity contribution in [3.05, 3.63) is 13.8 Å². The summed E-state index contributed by atoms with van der Waals surface area (Å²) in [4.78, 5) is 0. The molecule has 0 atom stereocenters. The Labute approximate surface area is 64.0 Å². The summed E-state index contributed by atoms with van der Waals surface area (Å²) in [6.07, 6.45) is 2.00. The molecule has 0 bridgehead atoms. The van der Waals surface area contributed by atoms with Gasteiger partial charge in [-0.1, -0.05) is 14.9 Å². The van der Waals surface area contributed by atoms with Gasteiger partial charge in [0, 0.05) is 0 Å². The van der Waals surface area contributed by atoms with Gasteiger partial charge in [-0.15, -0.1) is 0 Å². The third kappa shape index (κ3) is 310. The topological polar surface area (TPSA) is 0 Å². The fourth-order valence-corrected chi connectivity index (χ4v) is 0. The Balaban J connectivity index is -0.00000000333. The van der Waals surface area contributed by atoms with Crippen molar-refractivity contribution in [3.8, 4) is 0 Å². The predicted octanol–water partition coefficient (Wildman–Crippen LogP) is 2.95. The molecule has 0 aliphatic rings. The molecule has 0 nitrogen and oxygen atoms in total. The van der Waals surface area contributed by atoms with Gasteiger partial charge in [0.15, 0.2) is 0 Å². The average Bonchev–Trinajstić information content (AvgIpc) is 0.918. The summed E-state index contributed by atoms with van der Waals surface area (Å²) in [5.74, 6) is 0. The average molecular weight is 274 g/mol. The van der Waals surface area contributed by atoms with Gasteiger partial charge in [-0.2, -0.15) is 13.8 Å². The van der Waals surface area contributed by atoms with Crippen molar-refractivity contribution in [2.24, 2.45) is 0 Å². The van der Waals surface area contributed by atoms with Gasteiger partial charge in [-0.05, 0) is 0 Å². The van der Waals surface area contributed by atoms with Crippen LogP contribution in [0.5, 0.6) is 0 Å². The van der Waals surface area contributed by atoms with Crippen molar-refractivity contribution < 1.29 is 21.1 Å². The minimum absolute atomic E-state index is 0. The second-order valence-corrected chi connectivity index (χ2v) is 0.577. The maximum atomic E-state index is 2.00. The molecule has 0 unspecified atom stereocenters. The first kappa shape index (κ1) is 47.6. The maximum Gasteiger partial charge on any atom is 2.00 e. The first-order chi connectivity index (χ1) is 1.41. The van der Waals surface area contributed by atoms with Crippen LogP contribution in [-0.4, -0.2) is 0 Å². The molecule has 0 amide bonds. The Bertz CT molecular complexity index is 4.14. The summed E-state index contributed by atoms with van der Waals surface area (Å²) in [6, 6.07) is 0. The second kappa shape index (κ2) is 75.9. The minimum Gasteiger partial charge on any atom is -0.358 e. The fraction of sp³-hybridized carbons (Fsp3) is 0.667. The van der Waals surface area contributed by atoms with Gasteiger partial charge >= 0.3 is 21.1 Å². The molecule has 0 aliphatic carbocycles. The van der Waals surface area contributed by atoms with E-state index in [1.807, 2.05) is 20.3 Å². The van der Waals surface area contributed by atoms with Crippen LogP contribution in [-0.2, 0) is 21.1 Å². The summed E-state index contributed by atoms with van der Waals surface area (Å²) in [5.41, 5.74) is 0. The van der Waals surface area contributed by atoms with E-state index in [4.69, 9.17) is 0 Å². The molecule has 0 fully saturated rings. The van der Waals surface area contributed by atoms with Crippen LogP contribution in [0.25, 0.3) is 0 Å². The summed E-state index contributed by atoms with van der Waals surface area (Å²) >= 11 is 0. The smallest absolute Gasteiger partial charge is 0.358 e. The van der Waals surface area contributed by atoms with Crippen molar-refractivity contribution in [1.29, 1.82) is 0 Å². The van der Waals surface area contributed by atoms with Crippen molar-refractivity contribution in [1.82, 2.24) is 0 Å². The fourth-order valence-electron chi connectivity index (χ4n) is 0. The van der Waals surface area contributed by atoms with Gasteiger partial charge < -0.3 is 13.8 Å². The zero-order valence-corrected chi connectivity index (χ0v) is 6.92. The van der Waals surface area contributed by atoms with Gasteiger partial charge in [0.1, 0.15) is 0 Å². The van der Waals surface area contributed by atoms with Crippen LogP contribution in [0, 0.1) is 13.8 Å². The van der Waals surface area contributed by atoms with E-state index in [0.29, 0.717) is 0 Å². The van der Waals surface area contributed by atoms with E-state index in [1.165, 1.54) is 0 Å². The molecule has 0 heterocycles. The van der Waals surface area contributed by atoms with Crippen molar-refractivity contribution in [2.45, 2.75) is 28.7 Å². The van der Waals surface area contributed by atoms with E-state index in [0.717, 1.165) is 0 Å². The zero-order valence-electron chi connectivity index (χ0n) is 3.99. The summed E-state index contributed by atoms with van der Waals surface area (Å²) < 4.78 is 0. The monoisotopic (exact) mass is 274 g/mol. The Morgan fingerprint density at radius 3 is 1.00 bits per heavy atom. The van der Waals surface area contributed by atoms with Crippen LogP contribution in [0.4, 0.5) is 0 Å². The maximum absolute atomic E-state index is 2.00. The number of hydrogen-bond acceptors (Lipinski definition) is 0. The van der Waals surface area contributed by atoms with Crippen molar-refractivity contribution in [3.63, 3.8) is 0 Å². The van der Waals surface area contributed by atoms with Gasteiger partial charge in [0.25, 0.3) is 0 Å². The molecular weight excluding hydrogens is 256 g/mol. The Hall–Kier alpha value is 0.688. The first-order valence-corrected chi connectivity index (χ1v) is 1.15. The molecule has 0 aromatic heterocycles. The molecule has 0 aromatic rings. The standard InChI is InChI=1S/C3H7.2CH4.CH3.W/c1-3-2;;;;/h3H,1-2H3;2*1H4;1H3;/q-1;;;-1;+2. The quantitative estimate of drug-likeness (QED) is 0.596. The van der Waals surface area contributed by atoms with E-state index in [1.54, 1.807) is 0 Å². The van der Waals surface area contributed by atoms with Crippen LogP contribution in [0.3, 0.4) is 0 Å². The van der Waals surface area contributed by atoms with Crippen LogP contribution in [0.2, 0.25) is 0 Å². The normalized spacial score (nSPS) is 2.57. The Morgan fingerprint density at radius 1 is 1.00 bits per heavy atom. The first-order valence-electron chi connectivity index (χ1n) is 1.15. The van der Waals surface area contributed by atoms with Crippen molar-refractivity contribution in [2.75, 3.05) is 0 Å². The van der Waals surface area contributed by atoms with E-state index < -0.39 is 0 Å². The molecule has 0 saturated heterocycles. The molecule has 0 saturated carbocycles. The predicted molar refractivity (Wildman–Crippen MR) is 35.5 cm³/mol. The molecule has 0 spiro atoms. The van der Waals surface area contributed by atoms with Gasteiger partial charge in [0.2, 0.25) is 0 Å². The molecule has 0 radical (unpaired) electrons. The number of rotatable bonds is 0. The van der Waals surface area contributed by atoms with Crippen LogP contribution >= 0.6 is 0 Å². The van der Waals surface area contributed by atoms with Crippen LogP contribution in [0.1, 0.15) is 28.7 Å². The third-order valence-corrected chi connectivity index (χ3v) is 0. The summed E-state index contributed by atoms with van der Waals surface area (Å²) in [5, 5.41) is 0.